The van der Waals surface area contributed by atoms with Gasteiger partial charge in [-0.2, -0.15) is 0 Å². The molecule has 3 nitrogen and oxygen atoms in total. The third kappa shape index (κ3) is 3.57. The second-order valence-electron chi connectivity index (χ2n) is 3.43. The second kappa shape index (κ2) is 5.61. The van der Waals surface area contributed by atoms with Gasteiger partial charge in [0.25, 0.3) is 0 Å². The highest BCUT2D eigenvalue weighted by atomic mass is 79.9. The summed E-state index contributed by atoms with van der Waals surface area (Å²) in [7, 11) is 0. The SMILES string of the molecule is CCC(Br)C(=O)NC(C)c1nc(C)cs1. The van der Waals surface area contributed by atoms with Crippen LogP contribution < -0.4 is 5.32 Å². The number of aryl methyl sites for hydroxylation is 1. The average molecular weight is 291 g/mol. The summed E-state index contributed by atoms with van der Waals surface area (Å²) in [6, 6.07) is -0.0113. The number of thiazole rings is 1. The summed E-state index contributed by atoms with van der Waals surface area (Å²) in [5.74, 6) is 0.0258. The van der Waals surface area contributed by atoms with E-state index in [0.717, 1.165) is 17.1 Å². The minimum absolute atomic E-state index is 0.0113. The highest BCUT2D eigenvalue weighted by Gasteiger charge is 2.17. The zero-order valence-corrected chi connectivity index (χ0v) is 11.5. The van der Waals surface area contributed by atoms with Crippen LogP contribution in [0.5, 0.6) is 0 Å². The van der Waals surface area contributed by atoms with Crippen LogP contribution in [0.4, 0.5) is 0 Å². The first-order chi connectivity index (χ1) is 7.04. The Balaban J connectivity index is 2.56. The molecule has 0 aromatic carbocycles. The molecule has 1 N–H and O–H groups in total. The summed E-state index contributed by atoms with van der Waals surface area (Å²) in [5, 5.41) is 5.87. The van der Waals surface area contributed by atoms with Gasteiger partial charge < -0.3 is 5.32 Å². The number of rotatable bonds is 4. The van der Waals surface area contributed by atoms with Crippen molar-refractivity contribution in [3.05, 3.63) is 16.1 Å². The molecule has 1 aromatic rings. The molecular weight excluding hydrogens is 276 g/mol. The smallest absolute Gasteiger partial charge is 0.234 e. The molecule has 15 heavy (non-hydrogen) atoms. The average Bonchev–Trinajstić information content (AvgIpc) is 2.63. The molecule has 0 aliphatic rings. The Morgan fingerprint density at radius 3 is 2.87 bits per heavy atom. The lowest BCUT2D eigenvalue weighted by molar-refractivity contribution is -0.121. The van der Waals surface area contributed by atoms with Gasteiger partial charge in [0, 0.05) is 11.1 Å². The van der Waals surface area contributed by atoms with E-state index in [-0.39, 0.29) is 16.8 Å². The number of alkyl halides is 1. The summed E-state index contributed by atoms with van der Waals surface area (Å²) < 4.78 is 0. The summed E-state index contributed by atoms with van der Waals surface area (Å²) in [4.78, 5) is 15.8. The minimum Gasteiger partial charge on any atom is -0.346 e. The summed E-state index contributed by atoms with van der Waals surface area (Å²) >= 11 is 4.90. The van der Waals surface area contributed by atoms with Gasteiger partial charge in [-0.25, -0.2) is 4.98 Å². The topological polar surface area (TPSA) is 42.0 Å². The van der Waals surface area contributed by atoms with Gasteiger partial charge in [-0.15, -0.1) is 11.3 Å². The molecule has 0 spiro atoms. The Morgan fingerprint density at radius 2 is 2.40 bits per heavy atom. The van der Waals surface area contributed by atoms with Crippen LogP contribution in [0.3, 0.4) is 0 Å². The standard InChI is InChI=1S/C10H15BrN2OS/c1-4-8(11)9(14)13-7(3)10-12-6(2)5-15-10/h5,7-8H,4H2,1-3H3,(H,13,14). The van der Waals surface area contributed by atoms with Crippen LogP contribution in [0.1, 0.15) is 37.0 Å². The maximum Gasteiger partial charge on any atom is 0.234 e. The molecule has 1 rings (SSSR count). The van der Waals surface area contributed by atoms with Crippen LogP contribution in [-0.2, 0) is 4.79 Å². The molecule has 1 amide bonds. The van der Waals surface area contributed by atoms with Crippen LogP contribution in [0.15, 0.2) is 5.38 Å². The van der Waals surface area contributed by atoms with Crippen molar-refractivity contribution in [3.63, 3.8) is 0 Å². The molecular formula is C10H15BrN2OS. The first-order valence-corrected chi connectivity index (χ1v) is 6.70. The number of halogens is 1. The molecule has 2 unspecified atom stereocenters. The van der Waals surface area contributed by atoms with E-state index in [2.05, 4.69) is 26.2 Å². The van der Waals surface area contributed by atoms with Crippen molar-refractivity contribution in [1.29, 1.82) is 0 Å². The van der Waals surface area contributed by atoms with Gasteiger partial charge >= 0.3 is 0 Å². The van der Waals surface area contributed by atoms with Gasteiger partial charge in [-0.3, -0.25) is 4.79 Å². The minimum atomic E-state index is -0.110. The number of amides is 1. The highest BCUT2D eigenvalue weighted by Crippen LogP contribution is 2.18. The maximum atomic E-state index is 11.6. The number of carbonyl (C=O) groups excluding carboxylic acids is 1. The van der Waals surface area contributed by atoms with Crippen molar-refractivity contribution in [2.24, 2.45) is 0 Å². The van der Waals surface area contributed by atoms with Gasteiger partial charge in [-0.1, -0.05) is 22.9 Å². The molecule has 0 aliphatic carbocycles. The fourth-order valence-corrected chi connectivity index (χ4v) is 2.06. The van der Waals surface area contributed by atoms with E-state index in [1.165, 1.54) is 0 Å². The Bertz CT molecular complexity index is 340. The third-order valence-corrected chi connectivity index (χ3v) is 4.22. The van der Waals surface area contributed by atoms with E-state index >= 15 is 0 Å². The van der Waals surface area contributed by atoms with Crippen molar-refractivity contribution < 1.29 is 4.79 Å². The Hall–Kier alpha value is -0.420. The number of nitrogens with one attached hydrogen (secondary N) is 1. The fourth-order valence-electron chi connectivity index (χ4n) is 1.12. The molecule has 1 heterocycles. The summed E-state index contributed by atoms with van der Waals surface area (Å²) in [6.07, 6.45) is 0.787. The second-order valence-corrected chi connectivity index (χ2v) is 5.43. The Kier molecular flexibility index (Phi) is 4.73. The third-order valence-electron chi connectivity index (χ3n) is 2.01. The molecule has 1 aromatic heterocycles. The number of nitrogens with zero attached hydrogens (tertiary/aromatic N) is 1. The maximum absolute atomic E-state index is 11.6. The number of hydrogen-bond donors (Lipinski definition) is 1. The van der Waals surface area contributed by atoms with Crippen molar-refractivity contribution in [2.45, 2.75) is 38.1 Å². The van der Waals surface area contributed by atoms with Gasteiger partial charge in [0.1, 0.15) is 5.01 Å². The Labute approximate surface area is 102 Å². The van der Waals surface area contributed by atoms with Gasteiger partial charge in [0.05, 0.1) is 10.9 Å². The fraction of sp³-hybridized carbons (Fsp3) is 0.600. The van der Waals surface area contributed by atoms with Gasteiger partial charge in [-0.05, 0) is 20.3 Å². The van der Waals surface area contributed by atoms with Crippen molar-refractivity contribution in [1.82, 2.24) is 10.3 Å². The zero-order valence-electron chi connectivity index (χ0n) is 9.08. The summed E-state index contributed by atoms with van der Waals surface area (Å²) in [5.41, 5.74) is 1.00. The Morgan fingerprint density at radius 1 is 1.73 bits per heavy atom. The van der Waals surface area contributed by atoms with Crippen molar-refractivity contribution in [3.8, 4) is 0 Å². The molecule has 0 saturated carbocycles. The van der Waals surface area contributed by atoms with Crippen molar-refractivity contribution in [2.75, 3.05) is 0 Å². The van der Waals surface area contributed by atoms with Crippen LogP contribution >= 0.6 is 27.3 Å². The van der Waals surface area contributed by atoms with Crippen LogP contribution in [0.25, 0.3) is 0 Å². The lowest BCUT2D eigenvalue weighted by Crippen LogP contribution is -2.32. The lowest BCUT2D eigenvalue weighted by atomic mass is 10.3. The van der Waals surface area contributed by atoms with E-state index in [9.17, 15) is 4.79 Å². The predicted molar refractivity (Wildman–Crippen MR) is 66.4 cm³/mol. The molecule has 5 heteroatoms. The largest absolute Gasteiger partial charge is 0.346 e. The van der Waals surface area contributed by atoms with E-state index in [0.29, 0.717) is 0 Å². The number of carbonyl (C=O) groups is 1. The molecule has 0 saturated heterocycles. The van der Waals surface area contributed by atoms with E-state index in [1.807, 2.05) is 26.2 Å². The monoisotopic (exact) mass is 290 g/mol. The quantitative estimate of drug-likeness (QED) is 0.867. The van der Waals surface area contributed by atoms with E-state index in [1.54, 1.807) is 11.3 Å². The molecule has 0 radical (unpaired) electrons. The first-order valence-electron chi connectivity index (χ1n) is 4.91. The highest BCUT2D eigenvalue weighted by molar-refractivity contribution is 9.10. The molecule has 0 fully saturated rings. The molecule has 2 atom stereocenters. The lowest BCUT2D eigenvalue weighted by Gasteiger charge is -2.13. The van der Waals surface area contributed by atoms with E-state index in [4.69, 9.17) is 0 Å². The first kappa shape index (κ1) is 12.6. The van der Waals surface area contributed by atoms with Gasteiger partial charge in [0.2, 0.25) is 5.91 Å². The number of hydrogen-bond acceptors (Lipinski definition) is 3. The van der Waals surface area contributed by atoms with Gasteiger partial charge in [0.15, 0.2) is 0 Å². The number of aromatic nitrogens is 1. The van der Waals surface area contributed by atoms with E-state index < -0.39 is 0 Å². The van der Waals surface area contributed by atoms with Crippen LogP contribution in [0, 0.1) is 6.92 Å². The zero-order chi connectivity index (χ0) is 11.4. The predicted octanol–water partition coefficient (Wildman–Crippen LogP) is 2.80. The molecule has 0 aliphatic heterocycles. The molecule has 0 bridgehead atoms. The normalized spacial score (nSPS) is 14.7. The molecule has 84 valence electrons. The van der Waals surface area contributed by atoms with Crippen LogP contribution in [-0.4, -0.2) is 15.7 Å². The van der Waals surface area contributed by atoms with Crippen LogP contribution in [0.2, 0.25) is 0 Å². The summed E-state index contributed by atoms with van der Waals surface area (Å²) in [6.45, 7) is 5.87. The van der Waals surface area contributed by atoms with Crippen molar-refractivity contribution >= 4 is 33.2 Å².